The highest BCUT2D eigenvalue weighted by atomic mass is 32.2. The standard InChI is InChI=1S/C16H14O3S/c1-11-4-2-3-5-16(11)20-9-13(17)12-6-7-14-15(8-12)19-10-18-14/h2-8H,9-10H2,1H3. The Hall–Kier alpha value is -1.94. The van der Waals surface area contributed by atoms with Crippen molar-refractivity contribution in [3.05, 3.63) is 53.6 Å². The van der Waals surface area contributed by atoms with Crippen molar-refractivity contribution in [1.82, 2.24) is 0 Å². The van der Waals surface area contributed by atoms with Crippen molar-refractivity contribution in [3.8, 4) is 11.5 Å². The number of ether oxygens (including phenoxy) is 2. The van der Waals surface area contributed by atoms with E-state index in [4.69, 9.17) is 9.47 Å². The van der Waals surface area contributed by atoms with Crippen LogP contribution in [-0.2, 0) is 0 Å². The van der Waals surface area contributed by atoms with E-state index in [0.29, 0.717) is 22.8 Å². The maximum absolute atomic E-state index is 12.2. The Morgan fingerprint density at radius 2 is 1.95 bits per heavy atom. The fourth-order valence-corrected chi connectivity index (χ4v) is 2.94. The molecule has 2 aromatic carbocycles. The van der Waals surface area contributed by atoms with E-state index in [2.05, 4.69) is 0 Å². The summed E-state index contributed by atoms with van der Waals surface area (Å²) in [5.74, 6) is 1.87. The summed E-state index contributed by atoms with van der Waals surface area (Å²) in [7, 11) is 0. The van der Waals surface area contributed by atoms with E-state index in [0.717, 1.165) is 4.90 Å². The van der Waals surface area contributed by atoms with Crippen LogP contribution in [0.5, 0.6) is 11.5 Å². The van der Waals surface area contributed by atoms with Crippen molar-refractivity contribution in [2.45, 2.75) is 11.8 Å². The van der Waals surface area contributed by atoms with Crippen LogP contribution in [0.15, 0.2) is 47.4 Å². The molecule has 0 aromatic heterocycles. The minimum Gasteiger partial charge on any atom is -0.454 e. The lowest BCUT2D eigenvalue weighted by molar-refractivity contribution is 0.102. The number of hydrogen-bond acceptors (Lipinski definition) is 4. The first-order chi connectivity index (χ1) is 9.74. The van der Waals surface area contributed by atoms with Gasteiger partial charge in [-0.1, -0.05) is 18.2 Å². The number of hydrogen-bond donors (Lipinski definition) is 0. The first kappa shape index (κ1) is 13.1. The van der Waals surface area contributed by atoms with Crippen molar-refractivity contribution in [2.75, 3.05) is 12.5 Å². The number of ketones is 1. The lowest BCUT2D eigenvalue weighted by Crippen LogP contribution is -2.02. The molecule has 2 aromatic rings. The summed E-state index contributed by atoms with van der Waals surface area (Å²) in [5.41, 5.74) is 1.85. The van der Waals surface area contributed by atoms with Gasteiger partial charge in [-0.25, -0.2) is 0 Å². The molecule has 0 fully saturated rings. The molecule has 1 aliphatic heterocycles. The number of thioether (sulfide) groups is 1. The molecule has 1 heterocycles. The Kier molecular flexibility index (Phi) is 3.65. The highest BCUT2D eigenvalue weighted by Crippen LogP contribution is 2.33. The van der Waals surface area contributed by atoms with Crippen LogP contribution in [0.3, 0.4) is 0 Å². The second kappa shape index (κ2) is 5.59. The fourth-order valence-electron chi connectivity index (χ4n) is 2.01. The fraction of sp³-hybridized carbons (Fsp3) is 0.188. The second-order valence-corrected chi connectivity index (χ2v) is 5.56. The average Bonchev–Trinajstić information content (AvgIpc) is 2.93. The number of aryl methyl sites for hydroxylation is 1. The highest BCUT2D eigenvalue weighted by molar-refractivity contribution is 8.00. The maximum Gasteiger partial charge on any atom is 0.231 e. The summed E-state index contributed by atoms with van der Waals surface area (Å²) in [6.45, 7) is 2.28. The number of carbonyl (C=O) groups is 1. The normalized spacial score (nSPS) is 12.4. The summed E-state index contributed by atoms with van der Waals surface area (Å²) in [6, 6.07) is 13.4. The molecule has 20 heavy (non-hydrogen) atoms. The summed E-state index contributed by atoms with van der Waals surface area (Å²) < 4.78 is 10.5. The molecule has 0 saturated heterocycles. The van der Waals surface area contributed by atoms with Crippen LogP contribution < -0.4 is 9.47 Å². The van der Waals surface area contributed by atoms with E-state index in [1.165, 1.54) is 5.56 Å². The Labute approximate surface area is 121 Å². The van der Waals surface area contributed by atoms with Crippen molar-refractivity contribution >= 4 is 17.5 Å². The third kappa shape index (κ3) is 2.65. The minimum absolute atomic E-state index is 0.0940. The van der Waals surface area contributed by atoms with Gasteiger partial charge in [0, 0.05) is 10.5 Å². The number of Topliss-reactive ketones (excluding diaryl/α,β-unsaturated/α-hetero) is 1. The zero-order valence-corrected chi connectivity index (χ0v) is 11.9. The van der Waals surface area contributed by atoms with Crippen LogP contribution in [-0.4, -0.2) is 18.3 Å². The number of fused-ring (bicyclic) bond motifs is 1. The monoisotopic (exact) mass is 286 g/mol. The smallest absolute Gasteiger partial charge is 0.231 e. The minimum atomic E-state index is 0.0940. The van der Waals surface area contributed by atoms with Crippen molar-refractivity contribution in [1.29, 1.82) is 0 Å². The molecule has 0 amide bonds. The van der Waals surface area contributed by atoms with Crippen LogP contribution in [0.4, 0.5) is 0 Å². The molecule has 0 aliphatic carbocycles. The molecule has 0 saturated carbocycles. The zero-order valence-electron chi connectivity index (χ0n) is 11.1. The van der Waals surface area contributed by atoms with Gasteiger partial charge in [0.05, 0.1) is 5.75 Å². The molecule has 0 atom stereocenters. The summed E-state index contributed by atoms with van der Waals surface area (Å²) in [6.07, 6.45) is 0. The van der Waals surface area contributed by atoms with Crippen molar-refractivity contribution < 1.29 is 14.3 Å². The van der Waals surface area contributed by atoms with Gasteiger partial charge in [-0.05, 0) is 36.8 Å². The molecule has 3 nitrogen and oxygen atoms in total. The first-order valence-electron chi connectivity index (χ1n) is 6.35. The van der Waals surface area contributed by atoms with Crippen LogP contribution in [0, 0.1) is 6.92 Å². The van der Waals surface area contributed by atoms with Gasteiger partial charge < -0.3 is 9.47 Å². The predicted molar refractivity (Wildman–Crippen MR) is 78.8 cm³/mol. The Morgan fingerprint density at radius 1 is 1.15 bits per heavy atom. The second-order valence-electron chi connectivity index (χ2n) is 4.55. The van der Waals surface area contributed by atoms with E-state index in [1.54, 1.807) is 30.0 Å². The molecule has 4 heteroatoms. The van der Waals surface area contributed by atoms with E-state index in [9.17, 15) is 4.79 Å². The molecule has 1 aliphatic rings. The Morgan fingerprint density at radius 3 is 2.80 bits per heavy atom. The average molecular weight is 286 g/mol. The number of rotatable bonds is 4. The van der Waals surface area contributed by atoms with Gasteiger partial charge in [0.15, 0.2) is 17.3 Å². The number of carbonyl (C=O) groups excluding carboxylic acids is 1. The molecule has 102 valence electrons. The van der Waals surface area contributed by atoms with E-state index in [1.807, 2.05) is 31.2 Å². The van der Waals surface area contributed by atoms with Gasteiger partial charge in [-0.15, -0.1) is 11.8 Å². The van der Waals surface area contributed by atoms with E-state index < -0.39 is 0 Å². The summed E-state index contributed by atoms with van der Waals surface area (Å²) >= 11 is 1.56. The van der Waals surface area contributed by atoms with E-state index >= 15 is 0 Å². The quantitative estimate of drug-likeness (QED) is 0.634. The topological polar surface area (TPSA) is 35.5 Å². The van der Waals surface area contributed by atoms with Crippen molar-refractivity contribution in [3.63, 3.8) is 0 Å². The van der Waals surface area contributed by atoms with Gasteiger partial charge >= 0.3 is 0 Å². The van der Waals surface area contributed by atoms with Crippen LogP contribution >= 0.6 is 11.8 Å². The van der Waals surface area contributed by atoms with Crippen LogP contribution in [0.25, 0.3) is 0 Å². The molecule has 0 spiro atoms. The van der Waals surface area contributed by atoms with E-state index in [-0.39, 0.29) is 12.6 Å². The SMILES string of the molecule is Cc1ccccc1SCC(=O)c1ccc2c(c1)OCO2. The lowest BCUT2D eigenvalue weighted by Gasteiger charge is -2.05. The van der Waals surface area contributed by atoms with Gasteiger partial charge in [0.1, 0.15) is 0 Å². The van der Waals surface area contributed by atoms with Gasteiger partial charge in [0.2, 0.25) is 6.79 Å². The summed E-state index contributed by atoms with van der Waals surface area (Å²) in [5, 5.41) is 0. The summed E-state index contributed by atoms with van der Waals surface area (Å²) in [4.78, 5) is 13.4. The Bertz CT molecular complexity index is 652. The lowest BCUT2D eigenvalue weighted by atomic mass is 10.1. The highest BCUT2D eigenvalue weighted by Gasteiger charge is 2.16. The predicted octanol–water partition coefficient (Wildman–Crippen LogP) is 3.70. The van der Waals surface area contributed by atoms with Gasteiger partial charge in [0.25, 0.3) is 0 Å². The third-order valence-electron chi connectivity index (χ3n) is 3.15. The molecule has 0 radical (unpaired) electrons. The molecule has 0 bridgehead atoms. The Balaban J connectivity index is 1.69. The van der Waals surface area contributed by atoms with Gasteiger partial charge in [-0.3, -0.25) is 4.79 Å². The molecular weight excluding hydrogens is 272 g/mol. The van der Waals surface area contributed by atoms with Crippen molar-refractivity contribution in [2.24, 2.45) is 0 Å². The van der Waals surface area contributed by atoms with Gasteiger partial charge in [-0.2, -0.15) is 0 Å². The van der Waals surface area contributed by atoms with Crippen LogP contribution in [0.1, 0.15) is 15.9 Å². The molecule has 3 rings (SSSR count). The molecular formula is C16H14O3S. The van der Waals surface area contributed by atoms with Crippen LogP contribution in [0.2, 0.25) is 0 Å². The number of benzene rings is 2. The molecule has 0 N–H and O–H groups in total. The largest absolute Gasteiger partial charge is 0.454 e. The maximum atomic E-state index is 12.2. The zero-order chi connectivity index (χ0) is 13.9. The third-order valence-corrected chi connectivity index (χ3v) is 4.32. The molecule has 0 unspecified atom stereocenters. The first-order valence-corrected chi connectivity index (χ1v) is 7.34.